The molecule has 1 aliphatic heterocycles. The zero-order valence-electron chi connectivity index (χ0n) is 10.1. The molecule has 0 bridgehead atoms. The maximum Gasteiger partial charge on any atom is 0.152 e. The molecule has 5 nitrogen and oxygen atoms in total. The van der Waals surface area contributed by atoms with Crippen molar-refractivity contribution in [2.45, 2.75) is 6.10 Å². The third kappa shape index (κ3) is 3.44. The highest BCUT2D eigenvalue weighted by molar-refractivity contribution is 7.91. The van der Waals surface area contributed by atoms with Gasteiger partial charge in [0.25, 0.3) is 0 Å². The molecule has 1 fully saturated rings. The van der Waals surface area contributed by atoms with Crippen molar-refractivity contribution in [3.63, 3.8) is 0 Å². The maximum absolute atomic E-state index is 11.3. The molecule has 2 rings (SSSR count). The second-order valence-corrected chi connectivity index (χ2v) is 6.94. The van der Waals surface area contributed by atoms with Crippen molar-refractivity contribution in [1.29, 1.82) is 0 Å². The molecule has 0 spiro atoms. The standard InChI is InChI=1S/C12H18N2O3S/c13-11-3-1-10(2-4-11)12(15)9-14-5-7-18(16,17)8-6-14/h1-4,12,15H,5-9,13H2. The van der Waals surface area contributed by atoms with Gasteiger partial charge >= 0.3 is 0 Å². The number of nitrogens with two attached hydrogens (primary N) is 1. The zero-order chi connectivity index (χ0) is 13.2. The molecular weight excluding hydrogens is 252 g/mol. The van der Waals surface area contributed by atoms with Gasteiger partial charge in [-0.3, -0.25) is 4.90 Å². The van der Waals surface area contributed by atoms with Crippen LogP contribution < -0.4 is 5.73 Å². The molecule has 1 aliphatic rings. The van der Waals surface area contributed by atoms with Crippen LogP contribution in [-0.4, -0.2) is 49.6 Å². The number of rotatable bonds is 3. The second-order valence-electron chi connectivity index (χ2n) is 4.63. The average Bonchev–Trinajstić information content (AvgIpc) is 2.33. The van der Waals surface area contributed by atoms with E-state index in [0.717, 1.165) is 5.56 Å². The minimum absolute atomic E-state index is 0.182. The molecule has 0 radical (unpaired) electrons. The smallest absolute Gasteiger partial charge is 0.152 e. The van der Waals surface area contributed by atoms with E-state index in [1.54, 1.807) is 24.3 Å². The SMILES string of the molecule is Nc1ccc(C(O)CN2CCS(=O)(=O)CC2)cc1. The van der Waals surface area contributed by atoms with Gasteiger partial charge < -0.3 is 10.8 Å². The topological polar surface area (TPSA) is 83.6 Å². The van der Waals surface area contributed by atoms with Crippen LogP contribution in [0.25, 0.3) is 0 Å². The molecule has 0 amide bonds. The predicted molar refractivity (Wildman–Crippen MR) is 70.9 cm³/mol. The monoisotopic (exact) mass is 270 g/mol. The molecular formula is C12H18N2O3S. The highest BCUT2D eigenvalue weighted by Crippen LogP contribution is 2.17. The number of hydrogen-bond acceptors (Lipinski definition) is 5. The van der Waals surface area contributed by atoms with Gasteiger partial charge in [0.15, 0.2) is 9.84 Å². The summed E-state index contributed by atoms with van der Waals surface area (Å²) >= 11 is 0. The Bertz CT molecular complexity index is 485. The zero-order valence-corrected chi connectivity index (χ0v) is 10.9. The number of aliphatic hydroxyl groups excluding tert-OH is 1. The lowest BCUT2D eigenvalue weighted by atomic mass is 10.1. The van der Waals surface area contributed by atoms with Gasteiger partial charge in [0.05, 0.1) is 17.6 Å². The number of β-amino-alcohol motifs (C(OH)–C–C–N with tert-alkyl or cyclic N) is 1. The van der Waals surface area contributed by atoms with Crippen molar-refractivity contribution in [1.82, 2.24) is 4.90 Å². The van der Waals surface area contributed by atoms with Crippen molar-refractivity contribution in [3.8, 4) is 0 Å². The van der Waals surface area contributed by atoms with Gasteiger partial charge in [-0.2, -0.15) is 0 Å². The molecule has 18 heavy (non-hydrogen) atoms. The van der Waals surface area contributed by atoms with Crippen LogP contribution in [0, 0.1) is 0 Å². The van der Waals surface area contributed by atoms with E-state index in [2.05, 4.69) is 0 Å². The average molecular weight is 270 g/mol. The first-order valence-corrected chi connectivity index (χ1v) is 7.75. The molecule has 0 saturated carbocycles. The number of benzene rings is 1. The molecule has 0 aromatic heterocycles. The van der Waals surface area contributed by atoms with Gasteiger partial charge in [0.1, 0.15) is 0 Å². The largest absolute Gasteiger partial charge is 0.399 e. The summed E-state index contributed by atoms with van der Waals surface area (Å²) in [6.07, 6.45) is -0.605. The molecule has 6 heteroatoms. The summed E-state index contributed by atoms with van der Waals surface area (Å²) in [7, 11) is -2.86. The highest BCUT2D eigenvalue weighted by atomic mass is 32.2. The van der Waals surface area contributed by atoms with Gasteiger partial charge in [0.2, 0.25) is 0 Å². The maximum atomic E-state index is 11.3. The molecule has 0 aliphatic carbocycles. The predicted octanol–water partition coefficient (Wildman–Crippen LogP) is 0.0326. The highest BCUT2D eigenvalue weighted by Gasteiger charge is 2.23. The summed E-state index contributed by atoms with van der Waals surface area (Å²) in [5, 5.41) is 10.1. The van der Waals surface area contributed by atoms with Crippen LogP contribution in [0.3, 0.4) is 0 Å². The summed E-state index contributed by atoms with van der Waals surface area (Å²) in [5.74, 6) is 0.364. The molecule has 1 aromatic carbocycles. The van der Waals surface area contributed by atoms with E-state index in [-0.39, 0.29) is 11.5 Å². The van der Waals surface area contributed by atoms with Crippen molar-refractivity contribution >= 4 is 15.5 Å². The van der Waals surface area contributed by atoms with Crippen molar-refractivity contribution in [3.05, 3.63) is 29.8 Å². The van der Waals surface area contributed by atoms with Crippen LogP contribution in [0.4, 0.5) is 5.69 Å². The molecule has 1 saturated heterocycles. The number of hydrogen-bond donors (Lipinski definition) is 2. The second kappa shape index (κ2) is 5.26. The molecule has 1 aromatic rings. The first-order chi connectivity index (χ1) is 8.46. The summed E-state index contributed by atoms with van der Waals surface area (Å²) in [4.78, 5) is 1.97. The molecule has 100 valence electrons. The van der Waals surface area contributed by atoms with Gasteiger partial charge in [-0.1, -0.05) is 12.1 Å². The van der Waals surface area contributed by atoms with Gasteiger partial charge in [0, 0.05) is 25.3 Å². The third-order valence-corrected chi connectivity index (χ3v) is 4.80. The van der Waals surface area contributed by atoms with Crippen LogP contribution in [0.1, 0.15) is 11.7 Å². The van der Waals surface area contributed by atoms with E-state index in [9.17, 15) is 13.5 Å². The Balaban J connectivity index is 1.92. The number of anilines is 1. The summed E-state index contributed by atoms with van der Waals surface area (Å²) in [5.41, 5.74) is 7.05. The fraction of sp³-hybridized carbons (Fsp3) is 0.500. The first kappa shape index (κ1) is 13.3. The Morgan fingerprint density at radius 3 is 2.33 bits per heavy atom. The Labute approximate surface area is 107 Å². The third-order valence-electron chi connectivity index (χ3n) is 3.19. The van der Waals surface area contributed by atoms with Gasteiger partial charge in [-0.25, -0.2) is 8.42 Å². The molecule has 1 atom stereocenters. The van der Waals surface area contributed by atoms with Gasteiger partial charge in [-0.15, -0.1) is 0 Å². The summed E-state index contributed by atoms with van der Waals surface area (Å²) < 4.78 is 22.6. The number of sulfone groups is 1. The summed E-state index contributed by atoms with van der Waals surface area (Å²) in [6, 6.07) is 7.08. The van der Waals surface area contributed by atoms with Crippen molar-refractivity contribution < 1.29 is 13.5 Å². The lowest BCUT2D eigenvalue weighted by Gasteiger charge is -2.28. The summed E-state index contributed by atoms with van der Waals surface area (Å²) in [6.45, 7) is 1.45. The number of nitrogen functional groups attached to an aromatic ring is 1. The van der Waals surface area contributed by atoms with E-state index in [1.807, 2.05) is 4.90 Å². The fourth-order valence-corrected chi connectivity index (χ4v) is 3.28. The minimum atomic E-state index is -2.86. The van der Waals surface area contributed by atoms with E-state index in [1.165, 1.54) is 0 Å². The molecule has 3 N–H and O–H groups in total. The van der Waals surface area contributed by atoms with E-state index < -0.39 is 15.9 Å². The van der Waals surface area contributed by atoms with E-state index in [0.29, 0.717) is 25.3 Å². The Morgan fingerprint density at radius 1 is 1.22 bits per heavy atom. The van der Waals surface area contributed by atoms with Crippen LogP contribution in [0.15, 0.2) is 24.3 Å². The number of nitrogens with zero attached hydrogens (tertiary/aromatic N) is 1. The van der Waals surface area contributed by atoms with E-state index >= 15 is 0 Å². The Hall–Kier alpha value is -1.11. The van der Waals surface area contributed by atoms with Crippen LogP contribution >= 0.6 is 0 Å². The van der Waals surface area contributed by atoms with Crippen LogP contribution in [0.2, 0.25) is 0 Å². The first-order valence-electron chi connectivity index (χ1n) is 5.92. The minimum Gasteiger partial charge on any atom is -0.399 e. The lowest BCUT2D eigenvalue weighted by molar-refractivity contribution is 0.118. The van der Waals surface area contributed by atoms with Crippen LogP contribution in [-0.2, 0) is 9.84 Å². The quantitative estimate of drug-likeness (QED) is 0.757. The Kier molecular flexibility index (Phi) is 3.89. The molecule has 1 heterocycles. The van der Waals surface area contributed by atoms with Crippen molar-refractivity contribution in [2.75, 3.05) is 36.9 Å². The molecule has 1 unspecified atom stereocenters. The Morgan fingerprint density at radius 2 is 1.78 bits per heavy atom. The van der Waals surface area contributed by atoms with Crippen LogP contribution in [0.5, 0.6) is 0 Å². The van der Waals surface area contributed by atoms with Gasteiger partial charge in [-0.05, 0) is 17.7 Å². The van der Waals surface area contributed by atoms with E-state index in [4.69, 9.17) is 5.73 Å². The normalized spacial score (nSPS) is 21.6. The number of aliphatic hydroxyl groups is 1. The lowest BCUT2D eigenvalue weighted by Crippen LogP contribution is -2.42. The fourth-order valence-electron chi connectivity index (χ4n) is 2.00. The van der Waals surface area contributed by atoms with Crippen molar-refractivity contribution in [2.24, 2.45) is 0 Å².